The Hall–Kier alpha value is -3.58. The SMILES string of the molecule is CCN(CC)CCn1c(NC(=O)c2ccc(COc3ccc(C)c(C)c3)o2)nc2ccccc21. The van der Waals surface area contributed by atoms with Crippen LogP contribution in [0.2, 0.25) is 0 Å². The van der Waals surface area contributed by atoms with Crippen molar-refractivity contribution in [3.05, 3.63) is 77.2 Å². The van der Waals surface area contributed by atoms with Gasteiger partial charge in [0.2, 0.25) is 5.95 Å². The molecule has 0 spiro atoms. The quantitative estimate of drug-likeness (QED) is 0.342. The molecule has 0 saturated carbocycles. The van der Waals surface area contributed by atoms with Gasteiger partial charge in [-0.2, -0.15) is 0 Å². The minimum Gasteiger partial charge on any atom is -0.486 e. The summed E-state index contributed by atoms with van der Waals surface area (Å²) in [6.07, 6.45) is 0. The molecule has 2 aromatic carbocycles. The highest BCUT2D eigenvalue weighted by Gasteiger charge is 2.17. The number of furan rings is 1. The molecule has 0 bridgehead atoms. The molecule has 4 rings (SSSR count). The fourth-order valence-corrected chi connectivity index (χ4v) is 3.88. The third kappa shape index (κ3) is 5.31. The number of aromatic nitrogens is 2. The van der Waals surface area contributed by atoms with Crippen LogP contribution in [0.25, 0.3) is 11.0 Å². The van der Waals surface area contributed by atoms with Gasteiger partial charge < -0.3 is 18.6 Å². The van der Waals surface area contributed by atoms with Gasteiger partial charge in [-0.1, -0.05) is 32.0 Å². The number of hydrogen-bond donors (Lipinski definition) is 1. The molecule has 0 radical (unpaired) electrons. The monoisotopic (exact) mass is 460 g/mol. The Labute approximate surface area is 200 Å². The maximum absolute atomic E-state index is 13.0. The molecular weight excluding hydrogens is 428 g/mol. The number of nitrogens with zero attached hydrogens (tertiary/aromatic N) is 3. The van der Waals surface area contributed by atoms with Gasteiger partial charge >= 0.3 is 0 Å². The van der Waals surface area contributed by atoms with Crippen LogP contribution in [-0.2, 0) is 13.2 Å². The molecule has 0 aliphatic carbocycles. The molecule has 7 heteroatoms. The number of aryl methyl sites for hydroxylation is 2. The Kier molecular flexibility index (Phi) is 7.33. The van der Waals surface area contributed by atoms with E-state index in [0.717, 1.165) is 43.0 Å². The zero-order valence-corrected chi connectivity index (χ0v) is 20.3. The summed E-state index contributed by atoms with van der Waals surface area (Å²) in [6.45, 7) is 12.2. The van der Waals surface area contributed by atoms with Crippen LogP contribution in [0.3, 0.4) is 0 Å². The molecule has 2 aromatic heterocycles. The van der Waals surface area contributed by atoms with Gasteiger partial charge in [0.15, 0.2) is 5.76 Å². The number of hydrogen-bond acceptors (Lipinski definition) is 5. The molecule has 2 heterocycles. The average Bonchev–Trinajstić information content (AvgIpc) is 3.45. The third-order valence-electron chi connectivity index (χ3n) is 6.16. The lowest BCUT2D eigenvalue weighted by molar-refractivity contribution is 0.0991. The summed E-state index contributed by atoms with van der Waals surface area (Å²) in [5.41, 5.74) is 4.22. The summed E-state index contributed by atoms with van der Waals surface area (Å²) in [5, 5.41) is 2.94. The first-order valence-electron chi connectivity index (χ1n) is 11.8. The van der Waals surface area contributed by atoms with Crippen LogP contribution in [0.4, 0.5) is 5.95 Å². The number of imidazole rings is 1. The van der Waals surface area contributed by atoms with Gasteiger partial charge in [0, 0.05) is 13.1 Å². The topological polar surface area (TPSA) is 72.5 Å². The second kappa shape index (κ2) is 10.6. The van der Waals surface area contributed by atoms with Crippen LogP contribution >= 0.6 is 0 Å². The Balaban J connectivity index is 1.46. The van der Waals surface area contributed by atoms with Crippen molar-refractivity contribution in [3.63, 3.8) is 0 Å². The van der Waals surface area contributed by atoms with Crippen molar-refractivity contribution in [3.8, 4) is 5.75 Å². The zero-order chi connectivity index (χ0) is 24.1. The minimum absolute atomic E-state index is 0.223. The lowest BCUT2D eigenvalue weighted by atomic mass is 10.1. The molecule has 34 heavy (non-hydrogen) atoms. The van der Waals surface area contributed by atoms with E-state index in [-0.39, 0.29) is 18.3 Å². The molecule has 0 atom stereocenters. The van der Waals surface area contributed by atoms with E-state index in [2.05, 4.69) is 40.5 Å². The predicted molar refractivity (Wildman–Crippen MR) is 134 cm³/mol. The first kappa shape index (κ1) is 23.6. The number of likely N-dealkylation sites (N-methyl/N-ethyl adjacent to an activating group) is 1. The van der Waals surface area contributed by atoms with E-state index in [1.807, 2.05) is 49.4 Å². The Morgan fingerprint density at radius 1 is 1.06 bits per heavy atom. The van der Waals surface area contributed by atoms with E-state index in [0.29, 0.717) is 11.7 Å². The molecule has 7 nitrogen and oxygen atoms in total. The molecule has 0 saturated heterocycles. The smallest absolute Gasteiger partial charge is 0.293 e. The van der Waals surface area contributed by atoms with Crippen molar-refractivity contribution in [2.24, 2.45) is 0 Å². The van der Waals surface area contributed by atoms with Crippen LogP contribution < -0.4 is 10.1 Å². The third-order valence-corrected chi connectivity index (χ3v) is 6.16. The largest absolute Gasteiger partial charge is 0.486 e. The molecule has 1 N–H and O–H groups in total. The van der Waals surface area contributed by atoms with E-state index in [4.69, 9.17) is 9.15 Å². The highest BCUT2D eigenvalue weighted by Crippen LogP contribution is 2.22. The lowest BCUT2D eigenvalue weighted by Crippen LogP contribution is -2.27. The van der Waals surface area contributed by atoms with Gasteiger partial charge in [0.05, 0.1) is 11.0 Å². The Bertz CT molecular complexity index is 1270. The van der Waals surface area contributed by atoms with Crippen LogP contribution in [0, 0.1) is 13.8 Å². The molecule has 0 fully saturated rings. The second-order valence-electron chi connectivity index (χ2n) is 8.36. The van der Waals surface area contributed by atoms with E-state index in [9.17, 15) is 4.79 Å². The van der Waals surface area contributed by atoms with Crippen molar-refractivity contribution < 1.29 is 13.9 Å². The summed E-state index contributed by atoms with van der Waals surface area (Å²) in [6, 6.07) is 17.3. The number of anilines is 1. The summed E-state index contributed by atoms with van der Waals surface area (Å²) in [4.78, 5) is 19.9. The van der Waals surface area contributed by atoms with E-state index in [1.165, 1.54) is 11.1 Å². The number of benzene rings is 2. The molecule has 0 unspecified atom stereocenters. The normalized spacial score (nSPS) is 11.3. The van der Waals surface area contributed by atoms with E-state index >= 15 is 0 Å². The molecule has 4 aromatic rings. The molecule has 0 aliphatic heterocycles. The first-order valence-corrected chi connectivity index (χ1v) is 11.8. The minimum atomic E-state index is -0.336. The highest BCUT2D eigenvalue weighted by molar-refractivity contribution is 6.02. The summed E-state index contributed by atoms with van der Waals surface area (Å²) >= 11 is 0. The van der Waals surface area contributed by atoms with Gasteiger partial charge in [-0.3, -0.25) is 10.1 Å². The fourth-order valence-electron chi connectivity index (χ4n) is 3.88. The van der Waals surface area contributed by atoms with Crippen molar-refractivity contribution in [2.75, 3.05) is 25.0 Å². The molecule has 1 amide bonds. The van der Waals surface area contributed by atoms with Gasteiger partial charge in [-0.05, 0) is 74.5 Å². The van der Waals surface area contributed by atoms with Crippen molar-refractivity contribution >= 4 is 22.9 Å². The number of fused-ring (bicyclic) bond motifs is 1. The maximum atomic E-state index is 13.0. The Morgan fingerprint density at radius 2 is 1.85 bits per heavy atom. The van der Waals surface area contributed by atoms with Gasteiger partial charge in [-0.25, -0.2) is 4.98 Å². The molecule has 178 valence electrons. The maximum Gasteiger partial charge on any atom is 0.293 e. The number of ether oxygens (including phenoxy) is 1. The zero-order valence-electron chi connectivity index (χ0n) is 20.3. The highest BCUT2D eigenvalue weighted by atomic mass is 16.5. The number of para-hydroxylation sites is 2. The van der Waals surface area contributed by atoms with Gasteiger partial charge in [-0.15, -0.1) is 0 Å². The first-order chi connectivity index (χ1) is 16.5. The van der Waals surface area contributed by atoms with Crippen molar-refractivity contribution in [1.29, 1.82) is 0 Å². The standard InChI is InChI=1S/C27H32N4O3/c1-5-30(6-2)15-16-31-24-10-8-7-9-23(24)28-27(31)29-26(32)25-14-13-22(34-25)18-33-21-12-11-19(3)20(4)17-21/h7-14,17H,5-6,15-16,18H2,1-4H3,(H,28,29,32). The molecule has 0 aliphatic rings. The number of carbonyl (C=O) groups excluding carboxylic acids is 1. The van der Waals surface area contributed by atoms with E-state index < -0.39 is 0 Å². The number of carbonyl (C=O) groups is 1. The van der Waals surface area contributed by atoms with Crippen LogP contribution in [0.15, 0.2) is 59.0 Å². The number of rotatable bonds is 10. The predicted octanol–water partition coefficient (Wildman–Crippen LogP) is 5.42. The van der Waals surface area contributed by atoms with Crippen LogP contribution in [0.1, 0.15) is 41.3 Å². The summed E-state index contributed by atoms with van der Waals surface area (Å²) < 4.78 is 13.6. The van der Waals surface area contributed by atoms with Crippen LogP contribution in [0.5, 0.6) is 5.75 Å². The van der Waals surface area contributed by atoms with E-state index in [1.54, 1.807) is 12.1 Å². The molecular formula is C27H32N4O3. The lowest BCUT2D eigenvalue weighted by Gasteiger charge is -2.19. The van der Waals surface area contributed by atoms with Crippen LogP contribution in [-0.4, -0.2) is 40.0 Å². The Morgan fingerprint density at radius 3 is 2.62 bits per heavy atom. The van der Waals surface area contributed by atoms with Gasteiger partial charge in [0.25, 0.3) is 5.91 Å². The second-order valence-corrected chi connectivity index (χ2v) is 8.36. The summed E-state index contributed by atoms with van der Waals surface area (Å²) in [7, 11) is 0. The van der Waals surface area contributed by atoms with Crippen molar-refractivity contribution in [1.82, 2.24) is 14.5 Å². The number of nitrogens with one attached hydrogen (secondary N) is 1. The average molecular weight is 461 g/mol. The number of amides is 1. The van der Waals surface area contributed by atoms with Gasteiger partial charge in [0.1, 0.15) is 18.1 Å². The fraction of sp³-hybridized carbons (Fsp3) is 0.333. The summed E-state index contributed by atoms with van der Waals surface area (Å²) in [5.74, 6) is 1.76. The van der Waals surface area contributed by atoms with Crippen molar-refractivity contribution in [2.45, 2.75) is 40.8 Å².